The third-order valence-electron chi connectivity index (χ3n) is 2.34. The number of rotatable bonds is 0. The summed E-state index contributed by atoms with van der Waals surface area (Å²) in [5.41, 5.74) is 1.24. The first-order chi connectivity index (χ1) is 10.00. The number of halogens is 8. The van der Waals surface area contributed by atoms with E-state index in [0.29, 0.717) is 21.2 Å². The summed E-state index contributed by atoms with van der Waals surface area (Å²) in [6, 6.07) is 13.4. The Labute approximate surface area is 169 Å². The summed E-state index contributed by atoms with van der Waals surface area (Å²) in [4.78, 5) is 0. The van der Waals surface area contributed by atoms with Crippen molar-refractivity contribution in [2.24, 2.45) is 0 Å². The summed E-state index contributed by atoms with van der Waals surface area (Å²) in [5.74, 6) is 0. The molecule has 8 heteroatoms. The van der Waals surface area contributed by atoms with Crippen LogP contribution in [0.2, 0.25) is 10.0 Å². The number of hydrogen-bond acceptors (Lipinski definition) is 0. The molecule has 0 atom stereocenters. The van der Waals surface area contributed by atoms with E-state index in [-0.39, 0.29) is 0 Å². The van der Waals surface area contributed by atoms with Gasteiger partial charge in [0, 0.05) is 21.2 Å². The van der Waals surface area contributed by atoms with E-state index in [0.717, 1.165) is 0 Å². The third kappa shape index (κ3) is 7.55. The van der Waals surface area contributed by atoms with Gasteiger partial charge in [-0.2, -0.15) is 0 Å². The number of hydrogen-bond donors (Lipinski definition) is 0. The molecule has 2 rings (SSSR count). The molecule has 0 nitrogen and oxygen atoms in total. The number of alkyl halides is 6. The molecule has 0 aromatic heterocycles. The lowest BCUT2D eigenvalue weighted by Gasteiger charge is -2.09. The van der Waals surface area contributed by atoms with E-state index < -0.39 is 7.59 Å². The highest BCUT2D eigenvalue weighted by Crippen LogP contribution is 2.39. The van der Waals surface area contributed by atoms with Crippen molar-refractivity contribution >= 4 is 92.8 Å². The molecule has 0 amide bonds. The standard InChI is InChI=1S/2C7H4Cl4/c2*8-6-3-1-5(2-4-6)7(9,10)11/h2*1-4H. The molecule has 0 unspecified atom stereocenters. The number of benzene rings is 2. The van der Waals surface area contributed by atoms with Crippen LogP contribution in [0.15, 0.2) is 48.5 Å². The van der Waals surface area contributed by atoms with Crippen molar-refractivity contribution in [1.29, 1.82) is 0 Å². The topological polar surface area (TPSA) is 0 Å². The van der Waals surface area contributed by atoms with E-state index in [4.69, 9.17) is 92.8 Å². The Morgan fingerprint density at radius 1 is 0.455 bits per heavy atom. The van der Waals surface area contributed by atoms with Crippen molar-refractivity contribution in [2.45, 2.75) is 7.59 Å². The first kappa shape index (κ1) is 20.8. The van der Waals surface area contributed by atoms with Gasteiger partial charge in [-0.05, 0) is 24.3 Å². The molecule has 0 aliphatic rings. The van der Waals surface area contributed by atoms with Crippen LogP contribution < -0.4 is 0 Å². The molecule has 0 saturated heterocycles. The van der Waals surface area contributed by atoms with Gasteiger partial charge >= 0.3 is 0 Å². The van der Waals surface area contributed by atoms with Crippen LogP contribution in [0.1, 0.15) is 11.1 Å². The molecule has 2 aromatic rings. The van der Waals surface area contributed by atoms with Gasteiger partial charge < -0.3 is 0 Å². The predicted molar refractivity (Wildman–Crippen MR) is 101 cm³/mol. The molecule has 0 N–H and O–H groups in total. The second-order valence-corrected chi connectivity index (χ2v) is 9.44. The first-order valence-corrected chi connectivity index (χ1v) is 8.68. The van der Waals surface area contributed by atoms with Crippen molar-refractivity contribution in [2.75, 3.05) is 0 Å². The molecular formula is C14H8Cl8. The normalized spacial score (nSPS) is 11.6. The molecule has 0 aliphatic heterocycles. The molecule has 0 aliphatic carbocycles. The second kappa shape index (κ2) is 8.74. The van der Waals surface area contributed by atoms with Gasteiger partial charge in [-0.15, -0.1) is 0 Å². The minimum atomic E-state index is -1.36. The van der Waals surface area contributed by atoms with Crippen LogP contribution >= 0.6 is 92.8 Å². The predicted octanol–water partition coefficient (Wildman–Crippen LogP) is 8.33. The lowest BCUT2D eigenvalue weighted by molar-refractivity contribution is 1.24. The summed E-state index contributed by atoms with van der Waals surface area (Å²) >= 11 is 44.9. The lowest BCUT2D eigenvalue weighted by Crippen LogP contribution is -1.98. The zero-order chi connectivity index (χ0) is 17.0. The average molecular weight is 460 g/mol. The van der Waals surface area contributed by atoms with Crippen LogP contribution in [0.4, 0.5) is 0 Å². The van der Waals surface area contributed by atoms with E-state index in [1.54, 1.807) is 48.5 Å². The third-order valence-corrected chi connectivity index (χ3v) is 4.16. The Kier molecular flexibility index (Phi) is 8.26. The molecule has 0 fully saturated rings. The molecule has 120 valence electrons. The molecule has 22 heavy (non-hydrogen) atoms. The quantitative estimate of drug-likeness (QED) is 0.347. The Morgan fingerprint density at radius 2 is 0.682 bits per heavy atom. The fourth-order valence-electron chi connectivity index (χ4n) is 1.28. The summed E-state index contributed by atoms with van der Waals surface area (Å²) in [6.45, 7) is 0. The molecule has 0 spiro atoms. The van der Waals surface area contributed by atoms with Crippen molar-refractivity contribution in [3.8, 4) is 0 Å². The Bertz CT molecular complexity index is 523. The summed E-state index contributed by atoms with van der Waals surface area (Å²) in [6.07, 6.45) is 0. The maximum atomic E-state index is 5.63. The van der Waals surface area contributed by atoms with Crippen LogP contribution in [0.3, 0.4) is 0 Å². The zero-order valence-corrected chi connectivity index (χ0v) is 16.7. The van der Waals surface area contributed by atoms with Gasteiger partial charge in [-0.1, -0.05) is 117 Å². The van der Waals surface area contributed by atoms with Gasteiger partial charge in [0.2, 0.25) is 7.59 Å². The van der Waals surface area contributed by atoms with Crippen LogP contribution in [0, 0.1) is 0 Å². The lowest BCUT2D eigenvalue weighted by atomic mass is 10.2. The summed E-state index contributed by atoms with van der Waals surface area (Å²) < 4.78 is -2.71. The molecule has 0 saturated carbocycles. The van der Waals surface area contributed by atoms with Crippen LogP contribution in [-0.2, 0) is 7.59 Å². The SMILES string of the molecule is Clc1ccc(C(Cl)(Cl)Cl)cc1.Clc1ccc(C(Cl)(Cl)Cl)cc1. The van der Waals surface area contributed by atoms with Crippen LogP contribution in [0.5, 0.6) is 0 Å². The largest absolute Gasteiger partial charge is 0.216 e. The van der Waals surface area contributed by atoms with E-state index >= 15 is 0 Å². The zero-order valence-electron chi connectivity index (χ0n) is 10.6. The molecule has 2 aromatic carbocycles. The van der Waals surface area contributed by atoms with E-state index in [2.05, 4.69) is 0 Å². The first-order valence-electron chi connectivity index (χ1n) is 5.65. The molecule has 0 bridgehead atoms. The fourth-order valence-corrected chi connectivity index (χ4v) is 2.29. The van der Waals surface area contributed by atoms with Gasteiger partial charge in [0.15, 0.2) is 0 Å². The van der Waals surface area contributed by atoms with Crippen LogP contribution in [-0.4, -0.2) is 0 Å². The smallest absolute Gasteiger partial charge is 0.0843 e. The Balaban J connectivity index is 0.000000220. The van der Waals surface area contributed by atoms with Gasteiger partial charge in [0.05, 0.1) is 0 Å². The molecule has 0 heterocycles. The highest BCUT2D eigenvalue weighted by atomic mass is 35.6. The summed E-state index contributed by atoms with van der Waals surface area (Å²) in [7, 11) is 0. The minimum absolute atomic E-state index is 0.618. The average Bonchev–Trinajstić information content (AvgIpc) is 2.38. The van der Waals surface area contributed by atoms with E-state index in [9.17, 15) is 0 Å². The van der Waals surface area contributed by atoms with Crippen molar-refractivity contribution in [1.82, 2.24) is 0 Å². The fraction of sp³-hybridized carbons (Fsp3) is 0.143. The minimum Gasteiger partial charge on any atom is -0.0843 e. The van der Waals surface area contributed by atoms with Gasteiger partial charge in [0.25, 0.3) is 0 Å². The monoisotopic (exact) mass is 456 g/mol. The molecule has 0 radical (unpaired) electrons. The molecular weight excluding hydrogens is 452 g/mol. The maximum absolute atomic E-state index is 5.63. The van der Waals surface area contributed by atoms with E-state index in [1.165, 1.54) is 0 Å². The van der Waals surface area contributed by atoms with Gasteiger partial charge in [0.1, 0.15) is 0 Å². The van der Waals surface area contributed by atoms with Gasteiger partial charge in [-0.25, -0.2) is 0 Å². The maximum Gasteiger partial charge on any atom is 0.216 e. The second-order valence-electron chi connectivity index (χ2n) is 4.01. The highest BCUT2D eigenvalue weighted by Gasteiger charge is 2.22. The Hall–Kier alpha value is 0.760. The Morgan fingerprint density at radius 3 is 0.864 bits per heavy atom. The summed E-state index contributed by atoms with van der Waals surface area (Å²) in [5, 5.41) is 1.26. The van der Waals surface area contributed by atoms with Crippen LogP contribution in [0.25, 0.3) is 0 Å². The van der Waals surface area contributed by atoms with Gasteiger partial charge in [-0.3, -0.25) is 0 Å². The highest BCUT2D eigenvalue weighted by molar-refractivity contribution is 6.67. The van der Waals surface area contributed by atoms with Crippen molar-refractivity contribution < 1.29 is 0 Å². The van der Waals surface area contributed by atoms with Crippen molar-refractivity contribution in [3.05, 3.63) is 69.7 Å². The van der Waals surface area contributed by atoms with E-state index in [1.807, 2.05) is 0 Å². The van der Waals surface area contributed by atoms with Crippen molar-refractivity contribution in [3.63, 3.8) is 0 Å².